The molecule has 1 saturated carbocycles. The van der Waals surface area contributed by atoms with Crippen molar-refractivity contribution in [1.29, 1.82) is 0 Å². The molecule has 1 aliphatic carbocycles. The van der Waals surface area contributed by atoms with Crippen molar-refractivity contribution in [2.24, 2.45) is 11.3 Å². The van der Waals surface area contributed by atoms with Crippen LogP contribution < -0.4 is 5.32 Å². The summed E-state index contributed by atoms with van der Waals surface area (Å²) in [6.45, 7) is 6.07. The van der Waals surface area contributed by atoms with Gasteiger partial charge in [-0.05, 0) is 37.0 Å². The third-order valence-corrected chi connectivity index (χ3v) is 5.46. The van der Waals surface area contributed by atoms with E-state index in [1.165, 1.54) is 0 Å². The van der Waals surface area contributed by atoms with Crippen LogP contribution in [0.25, 0.3) is 0 Å². The van der Waals surface area contributed by atoms with Crippen molar-refractivity contribution in [3.63, 3.8) is 0 Å². The third-order valence-electron chi connectivity index (χ3n) is 5.46. The van der Waals surface area contributed by atoms with E-state index >= 15 is 0 Å². The molecule has 1 amide bonds. The number of ether oxygens (including phenoxy) is 2. The van der Waals surface area contributed by atoms with Gasteiger partial charge >= 0.3 is 0 Å². The Morgan fingerprint density at radius 1 is 1.10 bits per heavy atom. The first-order valence-electron chi connectivity index (χ1n) is 8.08. The molecular formula is C16H27NO3. The van der Waals surface area contributed by atoms with Gasteiger partial charge in [-0.15, -0.1) is 0 Å². The second kappa shape index (κ2) is 5.30. The molecule has 3 aliphatic rings. The molecule has 0 aromatic heterocycles. The summed E-state index contributed by atoms with van der Waals surface area (Å²) < 4.78 is 11.6. The number of nitrogens with one attached hydrogen (secondary N) is 1. The summed E-state index contributed by atoms with van der Waals surface area (Å²) in [6.07, 6.45) is 6.95. The molecule has 0 aromatic carbocycles. The largest absolute Gasteiger partial charge is 0.353 e. The van der Waals surface area contributed by atoms with Gasteiger partial charge in [-0.1, -0.05) is 13.8 Å². The van der Waals surface area contributed by atoms with E-state index in [0.717, 1.165) is 51.7 Å². The zero-order chi connectivity index (χ0) is 14.2. The second-order valence-electron chi connectivity index (χ2n) is 7.33. The quantitative estimate of drug-likeness (QED) is 0.803. The molecule has 4 nitrogen and oxygen atoms in total. The zero-order valence-corrected chi connectivity index (χ0v) is 12.7. The number of amides is 1. The van der Waals surface area contributed by atoms with Crippen LogP contribution in [-0.4, -0.2) is 30.9 Å². The first kappa shape index (κ1) is 14.3. The SMILES string of the molecule is CC1(C)CCCC(=O)NC1C1CCC2(CC1)OCCO2. The summed E-state index contributed by atoms with van der Waals surface area (Å²) in [5.41, 5.74) is 0.193. The molecule has 1 atom stereocenters. The van der Waals surface area contributed by atoms with E-state index in [0.29, 0.717) is 18.4 Å². The van der Waals surface area contributed by atoms with E-state index in [2.05, 4.69) is 19.2 Å². The fourth-order valence-electron chi connectivity index (χ4n) is 4.26. The Kier molecular flexibility index (Phi) is 3.80. The average Bonchev–Trinajstić information content (AvgIpc) is 2.80. The topological polar surface area (TPSA) is 47.6 Å². The average molecular weight is 281 g/mol. The summed E-state index contributed by atoms with van der Waals surface area (Å²) in [4.78, 5) is 11.9. The van der Waals surface area contributed by atoms with Gasteiger partial charge in [-0.3, -0.25) is 4.79 Å². The Bertz CT molecular complexity index is 364. The normalized spacial score (nSPS) is 33.9. The molecule has 2 aliphatic heterocycles. The smallest absolute Gasteiger partial charge is 0.220 e. The lowest BCUT2D eigenvalue weighted by Crippen LogP contribution is -2.50. The van der Waals surface area contributed by atoms with Crippen LogP contribution in [0.3, 0.4) is 0 Å². The summed E-state index contributed by atoms with van der Waals surface area (Å²) in [7, 11) is 0. The Morgan fingerprint density at radius 2 is 1.75 bits per heavy atom. The Balaban J connectivity index is 1.67. The van der Waals surface area contributed by atoms with E-state index in [1.807, 2.05) is 0 Å². The molecule has 114 valence electrons. The first-order valence-corrected chi connectivity index (χ1v) is 8.08. The predicted molar refractivity (Wildman–Crippen MR) is 76.2 cm³/mol. The van der Waals surface area contributed by atoms with Gasteiger partial charge < -0.3 is 14.8 Å². The highest BCUT2D eigenvalue weighted by molar-refractivity contribution is 5.76. The highest BCUT2D eigenvalue weighted by atomic mass is 16.7. The van der Waals surface area contributed by atoms with Gasteiger partial charge in [0.25, 0.3) is 0 Å². The maximum Gasteiger partial charge on any atom is 0.220 e. The van der Waals surface area contributed by atoms with Crippen molar-refractivity contribution in [3.05, 3.63) is 0 Å². The van der Waals surface area contributed by atoms with Crippen LogP contribution in [0.4, 0.5) is 0 Å². The Hall–Kier alpha value is -0.610. The Morgan fingerprint density at radius 3 is 2.40 bits per heavy atom. The minimum atomic E-state index is -0.296. The number of carbonyl (C=O) groups is 1. The molecule has 4 heteroatoms. The molecule has 2 heterocycles. The fraction of sp³-hybridized carbons (Fsp3) is 0.938. The standard InChI is InChI=1S/C16H27NO3/c1-15(2)7-3-4-13(18)17-14(15)12-5-8-16(9-6-12)19-10-11-20-16/h12,14H,3-11H2,1-2H3,(H,17,18). The zero-order valence-electron chi connectivity index (χ0n) is 12.7. The number of rotatable bonds is 1. The van der Waals surface area contributed by atoms with Crippen LogP contribution in [0.1, 0.15) is 58.8 Å². The van der Waals surface area contributed by atoms with Crippen molar-refractivity contribution < 1.29 is 14.3 Å². The van der Waals surface area contributed by atoms with Crippen LogP contribution in [-0.2, 0) is 14.3 Å². The molecule has 3 fully saturated rings. The first-order chi connectivity index (χ1) is 9.51. The molecule has 0 radical (unpaired) electrons. The monoisotopic (exact) mass is 281 g/mol. The summed E-state index contributed by atoms with van der Waals surface area (Å²) in [6, 6.07) is 0.302. The van der Waals surface area contributed by atoms with E-state index < -0.39 is 0 Å². The molecule has 2 saturated heterocycles. The van der Waals surface area contributed by atoms with Crippen molar-refractivity contribution in [1.82, 2.24) is 5.32 Å². The maximum atomic E-state index is 11.9. The van der Waals surface area contributed by atoms with Crippen LogP contribution in [0.2, 0.25) is 0 Å². The molecule has 1 N–H and O–H groups in total. The summed E-state index contributed by atoms with van der Waals surface area (Å²) in [5.74, 6) is 0.495. The van der Waals surface area contributed by atoms with Gasteiger partial charge in [0.2, 0.25) is 5.91 Å². The third kappa shape index (κ3) is 2.73. The van der Waals surface area contributed by atoms with Gasteiger partial charge in [0, 0.05) is 25.3 Å². The fourth-order valence-corrected chi connectivity index (χ4v) is 4.26. The van der Waals surface area contributed by atoms with Crippen molar-refractivity contribution >= 4 is 5.91 Å². The predicted octanol–water partition coefficient (Wildman–Crippen LogP) is 2.61. The van der Waals surface area contributed by atoms with E-state index in [1.54, 1.807) is 0 Å². The van der Waals surface area contributed by atoms with E-state index in [4.69, 9.17) is 9.47 Å². The summed E-state index contributed by atoms with van der Waals surface area (Å²) >= 11 is 0. The van der Waals surface area contributed by atoms with Crippen molar-refractivity contribution in [2.45, 2.75) is 70.6 Å². The lowest BCUT2D eigenvalue weighted by molar-refractivity contribution is -0.185. The maximum absolute atomic E-state index is 11.9. The van der Waals surface area contributed by atoms with Crippen molar-refractivity contribution in [2.75, 3.05) is 13.2 Å². The lowest BCUT2D eigenvalue weighted by atomic mass is 9.69. The molecule has 1 spiro atoms. The number of hydrogen-bond donors (Lipinski definition) is 1. The highest BCUT2D eigenvalue weighted by Crippen LogP contribution is 2.44. The minimum absolute atomic E-state index is 0.193. The Labute approximate surface area is 121 Å². The second-order valence-corrected chi connectivity index (χ2v) is 7.33. The van der Waals surface area contributed by atoms with Gasteiger partial charge in [-0.2, -0.15) is 0 Å². The molecule has 3 rings (SSSR count). The van der Waals surface area contributed by atoms with Gasteiger partial charge in [0.15, 0.2) is 5.79 Å². The van der Waals surface area contributed by atoms with Gasteiger partial charge in [-0.25, -0.2) is 0 Å². The summed E-state index contributed by atoms with van der Waals surface area (Å²) in [5, 5.41) is 3.30. The van der Waals surface area contributed by atoms with Gasteiger partial charge in [0.1, 0.15) is 0 Å². The highest BCUT2D eigenvalue weighted by Gasteiger charge is 2.45. The van der Waals surface area contributed by atoms with Crippen molar-refractivity contribution in [3.8, 4) is 0 Å². The number of carbonyl (C=O) groups excluding carboxylic acids is 1. The van der Waals surface area contributed by atoms with Crippen LogP contribution in [0, 0.1) is 11.3 Å². The molecular weight excluding hydrogens is 254 g/mol. The minimum Gasteiger partial charge on any atom is -0.353 e. The molecule has 0 aromatic rings. The molecule has 1 unspecified atom stereocenters. The van der Waals surface area contributed by atoms with Crippen LogP contribution in [0.15, 0.2) is 0 Å². The van der Waals surface area contributed by atoms with Crippen LogP contribution >= 0.6 is 0 Å². The molecule has 0 bridgehead atoms. The van der Waals surface area contributed by atoms with Gasteiger partial charge in [0.05, 0.1) is 13.2 Å². The van der Waals surface area contributed by atoms with Crippen LogP contribution in [0.5, 0.6) is 0 Å². The molecule has 20 heavy (non-hydrogen) atoms. The lowest BCUT2D eigenvalue weighted by Gasteiger charge is -2.43. The van der Waals surface area contributed by atoms with E-state index in [-0.39, 0.29) is 17.1 Å². The van der Waals surface area contributed by atoms with E-state index in [9.17, 15) is 4.79 Å². The number of hydrogen-bond acceptors (Lipinski definition) is 3.